The maximum atomic E-state index is 10.8. The van der Waals surface area contributed by atoms with Crippen LogP contribution in [0.25, 0.3) is 0 Å². The highest BCUT2D eigenvalue weighted by atomic mass is 32.1. The summed E-state index contributed by atoms with van der Waals surface area (Å²) < 4.78 is 0. The Kier molecular flexibility index (Phi) is 6.78. The predicted octanol–water partition coefficient (Wildman–Crippen LogP) is 2.80. The second kappa shape index (κ2) is 9.48. The number of nitro groups is 1. The van der Waals surface area contributed by atoms with Gasteiger partial charge in [0.2, 0.25) is 0 Å². The number of nitrogens with zero attached hydrogens (tertiary/aromatic N) is 3. The van der Waals surface area contributed by atoms with Crippen LogP contribution in [-0.2, 0) is 13.0 Å². The zero-order valence-corrected chi connectivity index (χ0v) is 15.9. The SMILES string of the molecule is O=[N+]([O-])c1ccc(CN=C(NCCc2cccs2)N2CCC(O)CC2)cc1. The average molecular weight is 388 g/mol. The highest BCUT2D eigenvalue weighted by molar-refractivity contribution is 7.09. The summed E-state index contributed by atoms with van der Waals surface area (Å²) in [6.45, 7) is 2.79. The molecule has 1 fully saturated rings. The summed E-state index contributed by atoms with van der Waals surface area (Å²) in [7, 11) is 0. The van der Waals surface area contributed by atoms with E-state index >= 15 is 0 Å². The molecule has 0 spiro atoms. The molecule has 1 aliphatic heterocycles. The van der Waals surface area contributed by atoms with Crippen molar-refractivity contribution in [3.63, 3.8) is 0 Å². The number of nitrogens with one attached hydrogen (secondary N) is 1. The van der Waals surface area contributed by atoms with E-state index in [9.17, 15) is 15.2 Å². The molecule has 2 N–H and O–H groups in total. The zero-order chi connectivity index (χ0) is 19.1. The van der Waals surface area contributed by atoms with Crippen molar-refractivity contribution >= 4 is 23.0 Å². The van der Waals surface area contributed by atoms with Gasteiger partial charge >= 0.3 is 0 Å². The molecule has 1 saturated heterocycles. The standard InChI is InChI=1S/C19H24N4O3S/c24-17-8-11-22(12-9-17)19(20-10-7-18-2-1-13-27-18)21-14-15-3-5-16(6-4-15)23(25)26/h1-6,13,17,24H,7-12,14H2,(H,20,21). The Balaban J connectivity index is 1.63. The number of aliphatic hydroxyl groups excluding tert-OH is 1. The van der Waals surface area contributed by atoms with Gasteiger partial charge in [0.15, 0.2) is 5.96 Å². The molecule has 0 amide bonds. The second-order valence-electron chi connectivity index (χ2n) is 6.54. The van der Waals surface area contributed by atoms with Gasteiger partial charge in [0.25, 0.3) is 5.69 Å². The van der Waals surface area contributed by atoms with Crippen molar-refractivity contribution in [1.82, 2.24) is 10.2 Å². The van der Waals surface area contributed by atoms with E-state index in [4.69, 9.17) is 4.99 Å². The monoisotopic (exact) mass is 388 g/mol. The first kappa shape index (κ1) is 19.3. The number of aliphatic imine (C=N–C) groups is 1. The van der Waals surface area contributed by atoms with Crippen LogP contribution in [0.5, 0.6) is 0 Å². The number of likely N-dealkylation sites (tertiary alicyclic amines) is 1. The lowest BCUT2D eigenvalue weighted by Crippen LogP contribution is -2.47. The van der Waals surface area contributed by atoms with E-state index in [1.807, 2.05) is 0 Å². The van der Waals surface area contributed by atoms with Crippen molar-refractivity contribution in [2.75, 3.05) is 19.6 Å². The lowest BCUT2D eigenvalue weighted by atomic mass is 10.1. The Bertz CT molecular complexity index is 754. The third-order valence-electron chi connectivity index (χ3n) is 4.56. The van der Waals surface area contributed by atoms with Gasteiger partial charge in [-0.1, -0.05) is 18.2 Å². The maximum absolute atomic E-state index is 10.8. The van der Waals surface area contributed by atoms with E-state index in [0.29, 0.717) is 6.54 Å². The molecule has 2 heterocycles. The van der Waals surface area contributed by atoms with E-state index in [1.165, 1.54) is 17.0 Å². The maximum Gasteiger partial charge on any atom is 0.269 e. The lowest BCUT2D eigenvalue weighted by molar-refractivity contribution is -0.384. The molecule has 0 atom stereocenters. The number of guanidine groups is 1. The van der Waals surface area contributed by atoms with Crippen molar-refractivity contribution in [3.8, 4) is 0 Å². The Labute approximate surface area is 162 Å². The summed E-state index contributed by atoms with van der Waals surface area (Å²) in [5, 5.41) is 26.0. The van der Waals surface area contributed by atoms with E-state index in [1.54, 1.807) is 23.5 Å². The van der Waals surface area contributed by atoms with Gasteiger partial charge in [0.05, 0.1) is 17.6 Å². The summed E-state index contributed by atoms with van der Waals surface area (Å²) in [4.78, 5) is 18.6. The predicted molar refractivity (Wildman–Crippen MR) is 107 cm³/mol. The van der Waals surface area contributed by atoms with Gasteiger partial charge in [-0.15, -0.1) is 11.3 Å². The number of thiophene rings is 1. The fourth-order valence-corrected chi connectivity index (χ4v) is 3.70. The summed E-state index contributed by atoms with van der Waals surface area (Å²) in [6, 6.07) is 10.7. The van der Waals surface area contributed by atoms with Crippen molar-refractivity contribution < 1.29 is 10.0 Å². The summed E-state index contributed by atoms with van der Waals surface area (Å²) >= 11 is 1.74. The first-order valence-electron chi connectivity index (χ1n) is 9.09. The van der Waals surface area contributed by atoms with Gasteiger partial charge in [-0.25, -0.2) is 4.99 Å². The molecule has 1 aliphatic rings. The second-order valence-corrected chi connectivity index (χ2v) is 7.57. The van der Waals surface area contributed by atoms with Gasteiger partial charge in [0.1, 0.15) is 0 Å². The molecule has 2 aromatic rings. The highest BCUT2D eigenvalue weighted by Crippen LogP contribution is 2.14. The molecule has 1 aromatic heterocycles. The third-order valence-corrected chi connectivity index (χ3v) is 5.49. The van der Waals surface area contributed by atoms with Gasteiger partial charge in [0, 0.05) is 36.6 Å². The fourth-order valence-electron chi connectivity index (χ4n) is 2.99. The Morgan fingerprint density at radius 3 is 2.67 bits per heavy atom. The van der Waals surface area contributed by atoms with Crippen LogP contribution in [0.1, 0.15) is 23.3 Å². The largest absolute Gasteiger partial charge is 0.393 e. The molecule has 0 unspecified atom stereocenters. The molecule has 144 valence electrons. The van der Waals surface area contributed by atoms with E-state index < -0.39 is 4.92 Å². The zero-order valence-electron chi connectivity index (χ0n) is 15.1. The van der Waals surface area contributed by atoms with E-state index in [-0.39, 0.29) is 11.8 Å². The minimum atomic E-state index is -0.399. The number of nitro benzene ring substituents is 1. The number of hydrogen-bond acceptors (Lipinski definition) is 5. The van der Waals surface area contributed by atoms with Crippen molar-refractivity contribution in [2.45, 2.75) is 31.9 Å². The Hall–Kier alpha value is -2.45. The topological polar surface area (TPSA) is 91.0 Å². The minimum absolute atomic E-state index is 0.0852. The molecule has 27 heavy (non-hydrogen) atoms. The van der Waals surface area contributed by atoms with Gasteiger partial charge in [-0.3, -0.25) is 10.1 Å². The molecular weight excluding hydrogens is 364 g/mol. The van der Waals surface area contributed by atoms with Crippen LogP contribution in [0.3, 0.4) is 0 Å². The van der Waals surface area contributed by atoms with Gasteiger partial charge in [-0.2, -0.15) is 0 Å². The Morgan fingerprint density at radius 1 is 1.30 bits per heavy atom. The van der Waals surface area contributed by atoms with Crippen molar-refractivity contribution in [2.24, 2.45) is 4.99 Å². The normalized spacial score (nSPS) is 15.7. The lowest BCUT2D eigenvalue weighted by Gasteiger charge is -2.32. The summed E-state index contributed by atoms with van der Waals surface area (Å²) in [5.74, 6) is 0.830. The number of aliphatic hydroxyl groups is 1. The highest BCUT2D eigenvalue weighted by Gasteiger charge is 2.19. The van der Waals surface area contributed by atoms with Gasteiger partial charge in [-0.05, 0) is 36.3 Å². The molecule has 0 radical (unpaired) electrons. The average Bonchev–Trinajstić information content (AvgIpc) is 3.19. The molecular formula is C19H24N4O3S. The number of piperidine rings is 1. The van der Waals surface area contributed by atoms with Crippen molar-refractivity contribution in [3.05, 3.63) is 62.3 Å². The number of hydrogen-bond donors (Lipinski definition) is 2. The summed E-state index contributed by atoms with van der Waals surface area (Å²) in [5.41, 5.74) is 1.01. The third kappa shape index (κ3) is 5.77. The van der Waals surface area contributed by atoms with E-state index in [0.717, 1.165) is 50.4 Å². The first-order chi connectivity index (χ1) is 13.1. The van der Waals surface area contributed by atoms with Crippen LogP contribution in [0.4, 0.5) is 5.69 Å². The summed E-state index contributed by atoms with van der Waals surface area (Å²) in [6.07, 6.45) is 2.18. The first-order valence-corrected chi connectivity index (χ1v) is 9.97. The van der Waals surface area contributed by atoms with Crippen LogP contribution in [0.15, 0.2) is 46.8 Å². The van der Waals surface area contributed by atoms with Crippen LogP contribution in [0, 0.1) is 10.1 Å². The molecule has 0 bridgehead atoms. The fraction of sp³-hybridized carbons (Fsp3) is 0.421. The number of benzene rings is 1. The molecule has 7 nitrogen and oxygen atoms in total. The van der Waals surface area contributed by atoms with Crippen LogP contribution in [-0.4, -0.2) is 46.6 Å². The molecule has 3 rings (SSSR count). The van der Waals surface area contributed by atoms with Crippen LogP contribution < -0.4 is 5.32 Å². The van der Waals surface area contributed by atoms with Crippen LogP contribution in [0.2, 0.25) is 0 Å². The molecule has 8 heteroatoms. The van der Waals surface area contributed by atoms with Gasteiger partial charge < -0.3 is 15.3 Å². The molecule has 0 saturated carbocycles. The number of non-ortho nitro benzene ring substituents is 1. The van der Waals surface area contributed by atoms with Crippen molar-refractivity contribution in [1.29, 1.82) is 0 Å². The molecule has 1 aromatic carbocycles. The smallest absolute Gasteiger partial charge is 0.269 e. The quantitative estimate of drug-likeness (QED) is 0.344. The number of rotatable bonds is 6. The molecule has 0 aliphatic carbocycles. The van der Waals surface area contributed by atoms with E-state index in [2.05, 4.69) is 27.7 Å². The van der Waals surface area contributed by atoms with Crippen LogP contribution >= 0.6 is 11.3 Å². The minimum Gasteiger partial charge on any atom is -0.393 e. The Morgan fingerprint density at radius 2 is 2.04 bits per heavy atom.